The minimum absolute atomic E-state index is 0.0933. The molecule has 4 rings (SSSR count). The van der Waals surface area contributed by atoms with Gasteiger partial charge in [-0.05, 0) is 50.1 Å². The topological polar surface area (TPSA) is 65.2 Å². The van der Waals surface area contributed by atoms with E-state index < -0.39 is 6.36 Å². The predicted molar refractivity (Wildman–Crippen MR) is 128 cm³/mol. The molecule has 0 atom stereocenters. The molecule has 1 amide bonds. The molecule has 1 aliphatic carbocycles. The Hall–Kier alpha value is -4.00. The normalized spacial score (nSPS) is 14.3. The summed E-state index contributed by atoms with van der Waals surface area (Å²) in [5, 5.41) is 9.21. The lowest BCUT2D eigenvalue weighted by molar-refractivity contribution is -0.274. The number of aromatic nitrogens is 4. The fourth-order valence-electron chi connectivity index (χ4n) is 4.12. The third-order valence-corrected chi connectivity index (χ3v) is 6.19. The second kappa shape index (κ2) is 9.93. The van der Waals surface area contributed by atoms with Crippen molar-refractivity contribution in [1.82, 2.24) is 24.5 Å². The van der Waals surface area contributed by atoms with E-state index in [-0.39, 0.29) is 24.1 Å². The van der Waals surface area contributed by atoms with Crippen LogP contribution in [0.5, 0.6) is 5.75 Å². The number of carbonyl (C=O) groups is 1. The van der Waals surface area contributed by atoms with Crippen LogP contribution in [0.2, 0.25) is 0 Å². The first-order valence-corrected chi connectivity index (χ1v) is 11.4. The first kappa shape index (κ1) is 25.1. The van der Waals surface area contributed by atoms with Gasteiger partial charge >= 0.3 is 6.36 Å². The van der Waals surface area contributed by atoms with Crippen LogP contribution >= 0.6 is 0 Å². The lowest BCUT2D eigenvalue weighted by Gasteiger charge is -2.25. The number of amides is 1. The third-order valence-electron chi connectivity index (χ3n) is 6.19. The Morgan fingerprint density at radius 1 is 1.28 bits per heavy atom. The highest BCUT2D eigenvalue weighted by Crippen LogP contribution is 2.42. The highest BCUT2D eigenvalue weighted by molar-refractivity contribution is 5.84. The van der Waals surface area contributed by atoms with E-state index in [9.17, 15) is 18.0 Å². The van der Waals surface area contributed by atoms with E-state index in [0.29, 0.717) is 5.69 Å². The molecule has 1 saturated carbocycles. The Labute approximate surface area is 207 Å². The summed E-state index contributed by atoms with van der Waals surface area (Å²) in [6, 6.07) is 5.59. The maximum atomic E-state index is 12.6. The van der Waals surface area contributed by atoms with E-state index in [2.05, 4.69) is 15.8 Å². The lowest BCUT2D eigenvalue weighted by Crippen LogP contribution is -2.26. The maximum absolute atomic E-state index is 12.6. The molecule has 0 N–H and O–H groups in total. The fraction of sp³-hybridized carbons (Fsp3) is 0.346. The van der Waals surface area contributed by atoms with E-state index in [1.807, 2.05) is 6.92 Å². The Morgan fingerprint density at radius 2 is 1.97 bits per heavy atom. The highest BCUT2D eigenvalue weighted by Gasteiger charge is 2.32. The van der Waals surface area contributed by atoms with Gasteiger partial charge in [0.15, 0.2) is 0 Å². The molecule has 10 heteroatoms. The number of hydrogen-bond acceptors (Lipinski definition) is 4. The maximum Gasteiger partial charge on any atom is 0.573 e. The number of likely N-dealkylation sites (N-methyl/N-ethyl adjacent to an activating group) is 1. The molecule has 1 fully saturated rings. The molecule has 2 aromatic heterocycles. The van der Waals surface area contributed by atoms with E-state index in [0.717, 1.165) is 47.4 Å². The third kappa shape index (κ3) is 5.30. The van der Waals surface area contributed by atoms with E-state index in [4.69, 9.17) is 11.5 Å². The lowest BCUT2D eigenvalue weighted by atomic mass is 9.79. The van der Waals surface area contributed by atoms with Crippen molar-refractivity contribution in [2.24, 2.45) is 0 Å². The second-order valence-electron chi connectivity index (χ2n) is 8.87. The minimum Gasteiger partial charge on any atom is -0.406 e. The largest absolute Gasteiger partial charge is 0.573 e. The molecule has 0 bridgehead atoms. The van der Waals surface area contributed by atoms with E-state index >= 15 is 0 Å². The number of benzene rings is 1. The van der Waals surface area contributed by atoms with E-state index in [1.54, 1.807) is 41.9 Å². The zero-order valence-electron chi connectivity index (χ0n) is 20.2. The Kier molecular flexibility index (Phi) is 6.93. The molecule has 0 spiro atoms. The van der Waals surface area contributed by atoms with Gasteiger partial charge in [0.1, 0.15) is 12.3 Å². The van der Waals surface area contributed by atoms with Crippen LogP contribution in [-0.2, 0) is 11.3 Å². The van der Waals surface area contributed by atoms with Crippen molar-refractivity contribution >= 4 is 11.5 Å². The van der Waals surface area contributed by atoms with Crippen molar-refractivity contribution in [2.75, 3.05) is 14.1 Å². The smallest absolute Gasteiger partial charge is 0.406 e. The van der Waals surface area contributed by atoms with Crippen LogP contribution in [0.1, 0.15) is 47.7 Å². The molecule has 2 heterocycles. The van der Waals surface area contributed by atoms with Crippen molar-refractivity contribution in [3.63, 3.8) is 0 Å². The van der Waals surface area contributed by atoms with Crippen molar-refractivity contribution in [3.05, 3.63) is 65.2 Å². The summed E-state index contributed by atoms with van der Waals surface area (Å²) >= 11 is 0. The van der Waals surface area contributed by atoms with Gasteiger partial charge in [-0.1, -0.05) is 12.3 Å². The molecule has 7 nitrogen and oxygen atoms in total. The van der Waals surface area contributed by atoms with Crippen LogP contribution in [0, 0.1) is 19.3 Å². The number of alkyl halides is 3. The van der Waals surface area contributed by atoms with Gasteiger partial charge in [-0.15, -0.1) is 19.6 Å². The monoisotopic (exact) mass is 497 g/mol. The Morgan fingerprint density at radius 3 is 2.53 bits per heavy atom. The minimum atomic E-state index is -4.76. The number of terminal acetylenes is 1. The first-order chi connectivity index (χ1) is 17.1. The molecule has 3 aromatic rings. The van der Waals surface area contributed by atoms with Crippen molar-refractivity contribution in [3.8, 4) is 23.8 Å². The van der Waals surface area contributed by atoms with Crippen molar-refractivity contribution in [2.45, 2.75) is 45.0 Å². The SMILES string of the molecule is C#C/C=C(/c1cnn(CC(=O)N(C)C)c1)c1c(C2CCC2)nn(-c2ccc(OC(F)(F)F)cc2)c1C. The van der Waals surface area contributed by atoms with Gasteiger partial charge in [0, 0.05) is 48.6 Å². The molecular formula is C26H26F3N5O2. The van der Waals surface area contributed by atoms with Crippen LogP contribution in [0.25, 0.3) is 11.3 Å². The van der Waals surface area contributed by atoms with Crippen LogP contribution < -0.4 is 4.74 Å². The number of rotatable bonds is 7. The van der Waals surface area contributed by atoms with Gasteiger partial charge in [0.2, 0.25) is 5.91 Å². The fourth-order valence-corrected chi connectivity index (χ4v) is 4.12. The zero-order chi connectivity index (χ0) is 26.0. The van der Waals surface area contributed by atoms with Crippen LogP contribution in [0.3, 0.4) is 0 Å². The number of halogens is 3. The highest BCUT2D eigenvalue weighted by atomic mass is 19.4. The van der Waals surface area contributed by atoms with Gasteiger partial charge in [-0.2, -0.15) is 10.2 Å². The summed E-state index contributed by atoms with van der Waals surface area (Å²) in [6.07, 6.45) is 9.10. The van der Waals surface area contributed by atoms with Crippen LogP contribution in [-0.4, -0.2) is 50.8 Å². The standard InChI is InChI=1S/C26H26F3N5O2/c1-5-7-22(19-14-30-33(15-19)16-23(35)32(3)4)24-17(2)34(31-25(24)18-8-6-9-18)20-10-12-21(13-11-20)36-26(27,28)29/h1,7,10-15,18H,6,8-9,16H2,2-4H3/b22-7-. The van der Waals surface area contributed by atoms with Crippen LogP contribution in [0.4, 0.5) is 13.2 Å². The summed E-state index contributed by atoms with van der Waals surface area (Å²) in [5.41, 5.74) is 4.64. The zero-order valence-corrected chi connectivity index (χ0v) is 20.2. The Balaban J connectivity index is 1.75. The predicted octanol–water partition coefficient (Wildman–Crippen LogP) is 4.70. The summed E-state index contributed by atoms with van der Waals surface area (Å²) in [4.78, 5) is 13.6. The van der Waals surface area contributed by atoms with Gasteiger partial charge in [0.05, 0.1) is 17.6 Å². The van der Waals surface area contributed by atoms with Gasteiger partial charge in [0.25, 0.3) is 0 Å². The molecule has 0 radical (unpaired) electrons. The Bertz CT molecular complexity index is 1320. The summed E-state index contributed by atoms with van der Waals surface area (Å²) < 4.78 is 45.0. The summed E-state index contributed by atoms with van der Waals surface area (Å²) in [5.74, 6) is 2.46. The second-order valence-corrected chi connectivity index (χ2v) is 8.87. The molecule has 1 aliphatic rings. The van der Waals surface area contributed by atoms with Crippen molar-refractivity contribution < 1.29 is 22.7 Å². The number of nitrogens with zero attached hydrogens (tertiary/aromatic N) is 5. The number of ether oxygens (including phenoxy) is 1. The van der Waals surface area contributed by atoms with Crippen molar-refractivity contribution in [1.29, 1.82) is 0 Å². The first-order valence-electron chi connectivity index (χ1n) is 11.4. The average Bonchev–Trinajstić information content (AvgIpc) is 3.35. The van der Waals surface area contributed by atoms with Gasteiger partial charge in [-0.3, -0.25) is 9.48 Å². The molecule has 0 unspecified atom stereocenters. The molecular weight excluding hydrogens is 471 g/mol. The summed E-state index contributed by atoms with van der Waals surface area (Å²) in [6.45, 7) is 1.99. The molecule has 0 saturated heterocycles. The van der Waals surface area contributed by atoms with E-state index in [1.165, 1.54) is 29.2 Å². The molecule has 36 heavy (non-hydrogen) atoms. The molecule has 1 aromatic carbocycles. The number of carbonyl (C=O) groups excluding carboxylic acids is 1. The van der Waals surface area contributed by atoms with Crippen LogP contribution in [0.15, 0.2) is 42.7 Å². The number of allylic oxidation sites excluding steroid dienone is 1. The number of hydrogen-bond donors (Lipinski definition) is 0. The van der Waals surface area contributed by atoms with Gasteiger partial charge in [-0.25, -0.2) is 4.68 Å². The molecule has 0 aliphatic heterocycles. The molecule has 188 valence electrons. The summed E-state index contributed by atoms with van der Waals surface area (Å²) in [7, 11) is 3.36. The average molecular weight is 498 g/mol. The van der Waals surface area contributed by atoms with Gasteiger partial charge < -0.3 is 9.64 Å². The quantitative estimate of drug-likeness (QED) is 0.444.